The summed E-state index contributed by atoms with van der Waals surface area (Å²) in [7, 11) is 0. The summed E-state index contributed by atoms with van der Waals surface area (Å²) >= 11 is 5.12. The number of anilines is 1. The molecule has 1 aliphatic carbocycles. The average molecular weight is 602 g/mol. The molecule has 0 bridgehead atoms. The Morgan fingerprint density at radius 1 is 1.05 bits per heavy atom. The smallest absolute Gasteiger partial charge is 0.259 e. The van der Waals surface area contributed by atoms with Crippen LogP contribution in [0.1, 0.15) is 59.1 Å². The van der Waals surface area contributed by atoms with Crippen LogP contribution in [0.3, 0.4) is 0 Å². The van der Waals surface area contributed by atoms with Gasteiger partial charge < -0.3 is 10.1 Å². The molecule has 39 heavy (non-hydrogen) atoms. The third-order valence-electron chi connectivity index (χ3n) is 7.26. The lowest BCUT2D eigenvalue weighted by Gasteiger charge is -2.33. The summed E-state index contributed by atoms with van der Waals surface area (Å²) in [6.45, 7) is 7.44. The minimum absolute atomic E-state index is 0.0863. The minimum atomic E-state index is -0.0863. The van der Waals surface area contributed by atoms with E-state index in [4.69, 9.17) is 9.73 Å². The number of nitrogens with one attached hydrogen (secondary N) is 1. The van der Waals surface area contributed by atoms with Crippen molar-refractivity contribution in [1.29, 1.82) is 0 Å². The molecule has 0 unspecified atom stereocenters. The zero-order chi connectivity index (χ0) is 27.4. The van der Waals surface area contributed by atoms with Crippen molar-refractivity contribution < 1.29 is 9.53 Å². The van der Waals surface area contributed by atoms with E-state index in [-0.39, 0.29) is 11.3 Å². The third kappa shape index (κ3) is 6.87. The molecule has 0 fully saturated rings. The van der Waals surface area contributed by atoms with E-state index in [1.165, 1.54) is 4.88 Å². The van der Waals surface area contributed by atoms with Crippen molar-refractivity contribution in [1.82, 2.24) is 0 Å². The number of amides is 1. The number of carbonyl (C=O) groups excluding carboxylic acids is 1. The van der Waals surface area contributed by atoms with E-state index < -0.39 is 0 Å². The number of aliphatic imine (C=N–C) groups is 1. The zero-order valence-electron chi connectivity index (χ0n) is 22.5. The molecule has 1 amide bonds. The van der Waals surface area contributed by atoms with E-state index in [1.807, 2.05) is 85.1 Å². The Morgan fingerprint density at radius 2 is 1.77 bits per heavy atom. The maximum atomic E-state index is 13.5. The molecular weight excluding hydrogens is 568 g/mol. The summed E-state index contributed by atoms with van der Waals surface area (Å²) in [5.74, 6) is 1.31. The van der Waals surface area contributed by atoms with E-state index >= 15 is 0 Å². The van der Waals surface area contributed by atoms with Crippen molar-refractivity contribution in [2.45, 2.75) is 46.6 Å². The fourth-order valence-corrected chi connectivity index (χ4v) is 6.41. The molecule has 200 valence electrons. The molecule has 5 rings (SSSR count). The first-order valence-electron chi connectivity index (χ1n) is 13.3. The van der Waals surface area contributed by atoms with Crippen LogP contribution < -0.4 is 10.1 Å². The number of para-hydroxylation sites is 1. The number of rotatable bonds is 7. The number of thiophene rings is 1. The lowest BCUT2D eigenvalue weighted by atomic mass is 9.72. The monoisotopic (exact) mass is 600 g/mol. The van der Waals surface area contributed by atoms with E-state index in [9.17, 15) is 4.79 Å². The standard InChI is InChI=1S/C33H33BrN2O2S/c1-33(2,3)24-13-18-28-29(19-24)39-32(30(28)31(37)36-26-7-5-4-6-8-26)35-20-22-11-16-27(17-12-22)38-21-23-9-14-25(34)15-10-23/h4-12,14-17,20,24H,13,18-19,21H2,1-3H3,(H,36,37)/t24-/m1/s1. The van der Waals surface area contributed by atoms with Gasteiger partial charge in [0.2, 0.25) is 0 Å². The predicted octanol–water partition coefficient (Wildman–Crippen LogP) is 9.24. The Balaban J connectivity index is 1.35. The lowest BCUT2D eigenvalue weighted by Crippen LogP contribution is -2.27. The van der Waals surface area contributed by atoms with E-state index in [1.54, 1.807) is 11.3 Å². The Bertz CT molecular complexity index is 1450. The first-order valence-corrected chi connectivity index (χ1v) is 14.9. The summed E-state index contributed by atoms with van der Waals surface area (Å²) < 4.78 is 6.99. The fourth-order valence-electron chi connectivity index (χ4n) is 4.88. The highest BCUT2D eigenvalue weighted by molar-refractivity contribution is 9.10. The SMILES string of the molecule is CC(C)(C)[C@@H]1CCc2c(sc(N=Cc3ccc(OCc4ccc(Br)cc4)cc3)c2C(=O)Nc2ccccc2)C1. The largest absolute Gasteiger partial charge is 0.489 e. The van der Waals surface area contributed by atoms with Crippen LogP contribution in [-0.2, 0) is 19.4 Å². The van der Waals surface area contributed by atoms with Crippen molar-refractivity contribution in [2.75, 3.05) is 5.32 Å². The van der Waals surface area contributed by atoms with Crippen LogP contribution >= 0.6 is 27.3 Å². The second kappa shape index (κ2) is 11.9. The first kappa shape index (κ1) is 27.4. The van der Waals surface area contributed by atoms with Gasteiger partial charge in [-0.2, -0.15) is 0 Å². The van der Waals surface area contributed by atoms with Gasteiger partial charge in [-0.25, -0.2) is 4.99 Å². The van der Waals surface area contributed by atoms with Crippen molar-refractivity contribution >= 4 is 50.1 Å². The van der Waals surface area contributed by atoms with Gasteiger partial charge in [0.1, 0.15) is 17.4 Å². The predicted molar refractivity (Wildman–Crippen MR) is 166 cm³/mol. The summed E-state index contributed by atoms with van der Waals surface area (Å²) in [5.41, 5.74) is 4.98. The molecule has 1 aromatic heterocycles. The van der Waals surface area contributed by atoms with Gasteiger partial charge in [-0.15, -0.1) is 11.3 Å². The molecule has 6 heteroatoms. The van der Waals surface area contributed by atoms with Gasteiger partial charge in [-0.3, -0.25) is 4.79 Å². The molecule has 0 saturated carbocycles. The van der Waals surface area contributed by atoms with Crippen LogP contribution in [0.25, 0.3) is 0 Å². The van der Waals surface area contributed by atoms with Gasteiger partial charge in [0, 0.05) is 21.3 Å². The molecule has 1 heterocycles. The Hall–Kier alpha value is -3.22. The maximum absolute atomic E-state index is 13.5. The summed E-state index contributed by atoms with van der Waals surface area (Å²) in [6, 6.07) is 25.6. The fraction of sp³-hybridized carbons (Fsp3) is 0.273. The topological polar surface area (TPSA) is 50.7 Å². The minimum Gasteiger partial charge on any atom is -0.489 e. The average Bonchev–Trinajstić information content (AvgIpc) is 3.30. The first-order chi connectivity index (χ1) is 18.8. The van der Waals surface area contributed by atoms with Gasteiger partial charge in [0.15, 0.2) is 0 Å². The lowest BCUT2D eigenvalue weighted by molar-refractivity contribution is 0.102. The van der Waals surface area contributed by atoms with Crippen molar-refractivity contribution in [3.8, 4) is 5.75 Å². The highest BCUT2D eigenvalue weighted by Crippen LogP contribution is 2.45. The molecule has 4 aromatic rings. The summed E-state index contributed by atoms with van der Waals surface area (Å²) in [5, 5.41) is 3.86. The Labute approximate surface area is 243 Å². The van der Waals surface area contributed by atoms with Crippen LogP contribution in [0.5, 0.6) is 5.75 Å². The quantitative estimate of drug-likeness (QED) is 0.215. The molecule has 4 nitrogen and oxygen atoms in total. The second-order valence-electron chi connectivity index (χ2n) is 11.1. The molecule has 1 aliphatic rings. The maximum Gasteiger partial charge on any atom is 0.259 e. The molecule has 1 atom stereocenters. The van der Waals surface area contributed by atoms with Gasteiger partial charge in [0.25, 0.3) is 5.91 Å². The number of benzene rings is 3. The van der Waals surface area contributed by atoms with Crippen molar-refractivity contribution in [2.24, 2.45) is 16.3 Å². The molecular formula is C33H33BrN2O2S. The van der Waals surface area contributed by atoms with Gasteiger partial charge in [-0.1, -0.05) is 67.0 Å². The number of halogens is 1. The second-order valence-corrected chi connectivity index (χ2v) is 13.1. The van der Waals surface area contributed by atoms with Crippen LogP contribution in [0.15, 0.2) is 88.3 Å². The van der Waals surface area contributed by atoms with E-state index in [2.05, 4.69) is 42.0 Å². The molecule has 0 radical (unpaired) electrons. The normalized spacial score (nSPS) is 15.2. The Morgan fingerprint density at radius 3 is 2.46 bits per heavy atom. The van der Waals surface area contributed by atoms with Crippen LogP contribution in [0.2, 0.25) is 0 Å². The number of hydrogen-bond donors (Lipinski definition) is 1. The third-order valence-corrected chi connectivity index (χ3v) is 8.95. The van der Waals surface area contributed by atoms with Gasteiger partial charge >= 0.3 is 0 Å². The number of hydrogen-bond acceptors (Lipinski definition) is 4. The number of carbonyl (C=O) groups is 1. The number of nitrogens with zero attached hydrogens (tertiary/aromatic N) is 1. The van der Waals surface area contributed by atoms with Crippen LogP contribution in [0.4, 0.5) is 10.7 Å². The number of ether oxygens (including phenoxy) is 1. The van der Waals surface area contributed by atoms with Crippen molar-refractivity contribution in [3.05, 3.63) is 110 Å². The molecule has 1 N–H and O–H groups in total. The molecule has 0 aliphatic heterocycles. The number of fused-ring (bicyclic) bond motifs is 1. The van der Waals surface area contributed by atoms with E-state index in [0.717, 1.165) is 62.4 Å². The Kier molecular flexibility index (Phi) is 8.34. The van der Waals surface area contributed by atoms with Crippen molar-refractivity contribution in [3.63, 3.8) is 0 Å². The molecule has 0 spiro atoms. The van der Waals surface area contributed by atoms with Gasteiger partial charge in [0.05, 0.1) is 5.56 Å². The molecule has 0 saturated heterocycles. The summed E-state index contributed by atoms with van der Waals surface area (Å²) in [6.07, 6.45) is 4.83. The zero-order valence-corrected chi connectivity index (χ0v) is 24.9. The van der Waals surface area contributed by atoms with Crippen LogP contribution in [0, 0.1) is 11.3 Å². The van der Waals surface area contributed by atoms with Crippen LogP contribution in [-0.4, -0.2) is 12.1 Å². The molecule has 3 aromatic carbocycles. The van der Waals surface area contributed by atoms with E-state index in [0.29, 0.717) is 12.5 Å². The highest BCUT2D eigenvalue weighted by Gasteiger charge is 2.33. The van der Waals surface area contributed by atoms with Gasteiger partial charge in [-0.05, 0) is 95.8 Å². The highest BCUT2D eigenvalue weighted by atomic mass is 79.9. The summed E-state index contributed by atoms with van der Waals surface area (Å²) in [4.78, 5) is 19.7.